The van der Waals surface area contributed by atoms with Crippen LogP contribution in [0.3, 0.4) is 0 Å². The van der Waals surface area contributed by atoms with E-state index in [2.05, 4.69) is 11.4 Å². The Labute approximate surface area is 162 Å². The van der Waals surface area contributed by atoms with Gasteiger partial charge in [0.15, 0.2) is 0 Å². The summed E-state index contributed by atoms with van der Waals surface area (Å²) in [5.41, 5.74) is 0.649. The number of hydrogen-bond acceptors (Lipinski definition) is 4. The van der Waals surface area contributed by atoms with E-state index in [1.807, 2.05) is 45.0 Å². The lowest BCUT2D eigenvalue weighted by Gasteiger charge is -2.28. The normalized spacial score (nSPS) is 15.8. The van der Waals surface area contributed by atoms with Gasteiger partial charge < -0.3 is 10.1 Å². The molecule has 1 amide bonds. The summed E-state index contributed by atoms with van der Waals surface area (Å²) in [6, 6.07) is 9.61. The number of carbonyl (C=O) groups excluding carboxylic acids is 2. The highest BCUT2D eigenvalue weighted by molar-refractivity contribution is 5.87. The smallest absolute Gasteiger partial charge is 0.307 e. The van der Waals surface area contributed by atoms with Crippen LogP contribution in [0.4, 0.5) is 0 Å². The monoisotopic (exact) mass is 370 g/mol. The predicted molar refractivity (Wildman–Crippen MR) is 104 cm³/mol. The molecule has 1 fully saturated rings. The van der Waals surface area contributed by atoms with Gasteiger partial charge in [0.05, 0.1) is 23.5 Å². The molecule has 1 saturated carbocycles. The molecule has 146 valence electrons. The van der Waals surface area contributed by atoms with Crippen LogP contribution in [0.15, 0.2) is 24.3 Å². The Morgan fingerprint density at radius 1 is 1.19 bits per heavy atom. The molecule has 0 aromatic heterocycles. The Morgan fingerprint density at radius 2 is 1.81 bits per heavy atom. The number of nitrogens with zero attached hydrogens (tertiary/aromatic N) is 1. The molecule has 0 unspecified atom stereocenters. The Hall–Kier alpha value is -2.35. The number of hydrogen-bond donors (Lipinski definition) is 1. The lowest BCUT2D eigenvalue weighted by atomic mass is 9.81. The van der Waals surface area contributed by atoms with E-state index in [1.54, 1.807) is 0 Å². The SMILES string of the molecule is CC(C)(C)OC(=O)CC1(C(=O)NCCCc2ccc(C#N)cc2)CCCC1. The maximum Gasteiger partial charge on any atom is 0.307 e. The number of nitriles is 1. The zero-order valence-corrected chi connectivity index (χ0v) is 16.6. The van der Waals surface area contributed by atoms with Gasteiger partial charge in [-0.15, -0.1) is 0 Å². The Morgan fingerprint density at radius 3 is 2.37 bits per heavy atom. The molecule has 0 saturated heterocycles. The highest BCUT2D eigenvalue weighted by Gasteiger charge is 2.43. The quantitative estimate of drug-likeness (QED) is 0.583. The van der Waals surface area contributed by atoms with Crippen LogP contribution >= 0.6 is 0 Å². The molecule has 1 N–H and O–H groups in total. The molecule has 0 atom stereocenters. The summed E-state index contributed by atoms with van der Waals surface area (Å²) < 4.78 is 5.44. The third-order valence-corrected chi connectivity index (χ3v) is 4.96. The highest BCUT2D eigenvalue weighted by Crippen LogP contribution is 2.42. The second kappa shape index (κ2) is 9.03. The van der Waals surface area contributed by atoms with Crippen molar-refractivity contribution in [1.82, 2.24) is 5.32 Å². The fourth-order valence-electron chi connectivity index (χ4n) is 3.62. The minimum atomic E-state index is -0.614. The van der Waals surface area contributed by atoms with Crippen molar-refractivity contribution in [3.63, 3.8) is 0 Å². The number of nitrogens with one attached hydrogen (secondary N) is 1. The Balaban J connectivity index is 1.83. The van der Waals surface area contributed by atoms with Crippen molar-refractivity contribution >= 4 is 11.9 Å². The van der Waals surface area contributed by atoms with E-state index >= 15 is 0 Å². The number of benzene rings is 1. The van der Waals surface area contributed by atoms with Crippen LogP contribution in [0.25, 0.3) is 0 Å². The van der Waals surface area contributed by atoms with Crippen LogP contribution in [-0.4, -0.2) is 24.0 Å². The molecule has 2 rings (SSSR count). The summed E-state index contributed by atoms with van der Waals surface area (Å²) in [6.45, 7) is 6.11. The van der Waals surface area contributed by atoms with Crippen molar-refractivity contribution in [3.05, 3.63) is 35.4 Å². The molecule has 0 aliphatic heterocycles. The van der Waals surface area contributed by atoms with Gasteiger partial charge in [0.2, 0.25) is 5.91 Å². The fraction of sp³-hybridized carbons (Fsp3) is 0.591. The molecule has 0 spiro atoms. The van der Waals surface area contributed by atoms with Crippen LogP contribution in [0.5, 0.6) is 0 Å². The molecular formula is C22H30N2O3. The number of ether oxygens (including phenoxy) is 1. The molecule has 1 aliphatic rings. The van der Waals surface area contributed by atoms with E-state index in [0.717, 1.165) is 44.1 Å². The molecule has 1 aromatic carbocycles. The largest absolute Gasteiger partial charge is 0.460 e. The van der Waals surface area contributed by atoms with Crippen molar-refractivity contribution in [3.8, 4) is 6.07 Å². The summed E-state index contributed by atoms with van der Waals surface area (Å²) in [5.74, 6) is -0.317. The molecule has 0 bridgehead atoms. The van der Waals surface area contributed by atoms with Crippen LogP contribution in [0.2, 0.25) is 0 Å². The summed E-state index contributed by atoms with van der Waals surface area (Å²) in [6.07, 6.45) is 5.25. The maximum absolute atomic E-state index is 12.8. The first kappa shape index (κ1) is 21.0. The second-order valence-electron chi connectivity index (χ2n) is 8.42. The van der Waals surface area contributed by atoms with Gasteiger partial charge in [-0.3, -0.25) is 9.59 Å². The average molecular weight is 370 g/mol. The fourth-order valence-corrected chi connectivity index (χ4v) is 3.62. The molecule has 5 heteroatoms. The number of rotatable bonds is 7. The van der Waals surface area contributed by atoms with Gasteiger partial charge >= 0.3 is 5.97 Å². The third-order valence-electron chi connectivity index (χ3n) is 4.96. The first-order valence-electron chi connectivity index (χ1n) is 9.73. The molecule has 0 radical (unpaired) electrons. The van der Waals surface area contributed by atoms with E-state index in [4.69, 9.17) is 10.00 Å². The predicted octanol–water partition coefficient (Wildman–Crippen LogP) is 3.90. The van der Waals surface area contributed by atoms with Gasteiger partial charge in [-0.2, -0.15) is 5.26 Å². The second-order valence-corrected chi connectivity index (χ2v) is 8.42. The first-order valence-corrected chi connectivity index (χ1v) is 9.73. The lowest BCUT2D eigenvalue weighted by molar-refractivity contribution is -0.160. The van der Waals surface area contributed by atoms with Gasteiger partial charge in [0.1, 0.15) is 5.60 Å². The van der Waals surface area contributed by atoms with Crippen molar-refractivity contribution in [2.75, 3.05) is 6.54 Å². The number of esters is 1. The van der Waals surface area contributed by atoms with Gasteiger partial charge in [-0.1, -0.05) is 25.0 Å². The van der Waals surface area contributed by atoms with Crippen LogP contribution in [-0.2, 0) is 20.7 Å². The zero-order chi connectivity index (χ0) is 19.9. The van der Waals surface area contributed by atoms with Gasteiger partial charge in [-0.25, -0.2) is 0 Å². The molecule has 5 nitrogen and oxygen atoms in total. The molecule has 27 heavy (non-hydrogen) atoms. The Bertz CT molecular complexity index is 690. The molecule has 1 aromatic rings. The van der Waals surface area contributed by atoms with Gasteiger partial charge in [0.25, 0.3) is 0 Å². The Kier molecular flexibility index (Phi) is 7.01. The standard InChI is InChI=1S/C22H30N2O3/c1-21(2,3)27-19(25)15-22(12-4-5-13-22)20(26)24-14-6-7-17-8-10-18(16-23)11-9-17/h8-11H,4-7,12-15H2,1-3H3,(H,24,26). The van der Waals surface area contributed by atoms with Crippen molar-refractivity contribution in [1.29, 1.82) is 5.26 Å². The van der Waals surface area contributed by atoms with Crippen LogP contribution < -0.4 is 5.32 Å². The van der Waals surface area contributed by atoms with Crippen LogP contribution in [0, 0.1) is 16.7 Å². The molecular weight excluding hydrogens is 340 g/mol. The third kappa shape index (κ3) is 6.39. The van der Waals surface area contributed by atoms with E-state index in [9.17, 15) is 9.59 Å². The number of carbonyl (C=O) groups is 2. The van der Waals surface area contributed by atoms with Gasteiger partial charge in [0, 0.05) is 6.54 Å². The summed E-state index contributed by atoms with van der Waals surface area (Å²) in [5, 5.41) is 11.9. The van der Waals surface area contributed by atoms with E-state index in [0.29, 0.717) is 12.1 Å². The van der Waals surface area contributed by atoms with Crippen molar-refractivity contribution < 1.29 is 14.3 Å². The highest BCUT2D eigenvalue weighted by atomic mass is 16.6. The van der Waals surface area contributed by atoms with E-state index in [1.165, 1.54) is 0 Å². The van der Waals surface area contributed by atoms with Crippen molar-refractivity contribution in [2.24, 2.45) is 5.41 Å². The van der Waals surface area contributed by atoms with Crippen LogP contribution in [0.1, 0.15) is 70.4 Å². The average Bonchev–Trinajstić information content (AvgIpc) is 3.07. The minimum Gasteiger partial charge on any atom is -0.460 e. The van der Waals surface area contributed by atoms with Gasteiger partial charge in [-0.05, 0) is 64.2 Å². The van der Waals surface area contributed by atoms with Crippen molar-refractivity contribution in [2.45, 2.75) is 71.3 Å². The molecule has 0 heterocycles. The summed E-state index contributed by atoms with van der Waals surface area (Å²) in [4.78, 5) is 25.1. The van der Waals surface area contributed by atoms with E-state index in [-0.39, 0.29) is 18.3 Å². The van der Waals surface area contributed by atoms with E-state index < -0.39 is 11.0 Å². The summed E-state index contributed by atoms with van der Waals surface area (Å²) in [7, 11) is 0. The first-order chi connectivity index (χ1) is 12.7. The zero-order valence-electron chi connectivity index (χ0n) is 16.6. The summed E-state index contributed by atoms with van der Waals surface area (Å²) >= 11 is 0. The minimum absolute atomic E-state index is 0.0225. The lowest BCUT2D eigenvalue weighted by Crippen LogP contribution is -2.42. The maximum atomic E-state index is 12.8. The molecule has 1 aliphatic carbocycles. The number of aryl methyl sites for hydroxylation is 1. The topological polar surface area (TPSA) is 79.2 Å². The number of amides is 1.